The molecule has 1 amide bonds. The monoisotopic (exact) mass is 559 g/mol. The summed E-state index contributed by atoms with van der Waals surface area (Å²) in [6, 6.07) is 7.09. The van der Waals surface area contributed by atoms with E-state index in [1.54, 1.807) is 14.2 Å². The van der Waals surface area contributed by atoms with Gasteiger partial charge in [0, 0.05) is 51.9 Å². The van der Waals surface area contributed by atoms with Crippen molar-refractivity contribution in [3.63, 3.8) is 0 Å². The summed E-state index contributed by atoms with van der Waals surface area (Å²) < 4.78 is 23.4. The third-order valence-electron chi connectivity index (χ3n) is 8.84. The minimum absolute atomic E-state index is 0.136. The molecular formula is C32H53N3O5. The minimum atomic E-state index is -0.217. The SMILES string of the molecule is CC[C@@H](C[C@@H]1CC[C@@H](OCc2ccc3c(c2)N(CCCOC)CC(C)(C)O3)CN1)NC(=O)C1CCC(OC)CC1. The van der Waals surface area contributed by atoms with Crippen LogP contribution in [0.5, 0.6) is 5.75 Å². The molecule has 0 bridgehead atoms. The van der Waals surface area contributed by atoms with Gasteiger partial charge in [0.05, 0.1) is 31.0 Å². The number of fused-ring (bicyclic) bond motifs is 1. The molecule has 8 nitrogen and oxygen atoms in total. The smallest absolute Gasteiger partial charge is 0.223 e. The van der Waals surface area contributed by atoms with Gasteiger partial charge in [-0.15, -0.1) is 0 Å². The topological polar surface area (TPSA) is 81.3 Å². The van der Waals surface area contributed by atoms with Gasteiger partial charge in [-0.25, -0.2) is 0 Å². The highest BCUT2D eigenvalue weighted by Crippen LogP contribution is 2.38. The lowest BCUT2D eigenvalue weighted by atomic mass is 9.86. The van der Waals surface area contributed by atoms with Crippen LogP contribution in [-0.2, 0) is 25.6 Å². The molecule has 2 aliphatic heterocycles. The number of anilines is 1. The Morgan fingerprint density at radius 2 is 1.93 bits per heavy atom. The van der Waals surface area contributed by atoms with Crippen LogP contribution in [0.1, 0.15) is 84.1 Å². The second-order valence-corrected chi connectivity index (χ2v) is 12.6. The molecule has 4 rings (SSSR count). The number of carbonyl (C=O) groups excluding carboxylic acids is 1. The van der Waals surface area contributed by atoms with Gasteiger partial charge < -0.3 is 34.5 Å². The van der Waals surface area contributed by atoms with Crippen molar-refractivity contribution < 1.29 is 23.7 Å². The summed E-state index contributed by atoms with van der Waals surface area (Å²) in [5.74, 6) is 1.31. The second kappa shape index (κ2) is 14.9. The number of hydrogen-bond donors (Lipinski definition) is 2. The minimum Gasteiger partial charge on any atom is -0.484 e. The van der Waals surface area contributed by atoms with Gasteiger partial charge in [0.2, 0.25) is 5.91 Å². The zero-order chi connectivity index (χ0) is 28.5. The summed E-state index contributed by atoms with van der Waals surface area (Å²) in [7, 11) is 3.53. The van der Waals surface area contributed by atoms with Crippen molar-refractivity contribution >= 4 is 11.6 Å². The average Bonchev–Trinajstić information content (AvgIpc) is 2.96. The molecule has 226 valence electrons. The maximum absolute atomic E-state index is 12.9. The third-order valence-corrected chi connectivity index (χ3v) is 8.84. The second-order valence-electron chi connectivity index (χ2n) is 12.6. The lowest BCUT2D eigenvalue weighted by Gasteiger charge is -2.41. The van der Waals surface area contributed by atoms with Gasteiger partial charge in [0.25, 0.3) is 0 Å². The maximum atomic E-state index is 12.9. The quantitative estimate of drug-likeness (QED) is 0.335. The predicted molar refractivity (Wildman–Crippen MR) is 159 cm³/mol. The lowest BCUT2D eigenvalue weighted by Crippen LogP contribution is -2.48. The highest BCUT2D eigenvalue weighted by molar-refractivity contribution is 5.79. The Morgan fingerprint density at radius 1 is 1.15 bits per heavy atom. The molecular weight excluding hydrogens is 506 g/mol. The van der Waals surface area contributed by atoms with Crippen LogP contribution in [0.25, 0.3) is 0 Å². The molecule has 3 aliphatic rings. The molecule has 1 aliphatic carbocycles. The van der Waals surface area contributed by atoms with Crippen LogP contribution >= 0.6 is 0 Å². The first-order valence-corrected chi connectivity index (χ1v) is 15.5. The van der Waals surface area contributed by atoms with Crippen molar-refractivity contribution in [3.05, 3.63) is 23.8 Å². The van der Waals surface area contributed by atoms with Crippen LogP contribution in [0.2, 0.25) is 0 Å². The standard InChI is InChI=1S/C32H53N3O5/c1-6-25(34-31(36)24-9-12-27(38-5)13-10-24)19-26-11-14-28(20-33-26)39-21-23-8-15-30-29(18-23)35(16-7-17-37-4)22-32(2,3)40-30/h8,15,18,24-28,33H,6-7,9-14,16-17,19-22H2,1-5H3,(H,34,36)/t24?,25-,26-,27?,28+/m0/s1. The lowest BCUT2D eigenvalue weighted by molar-refractivity contribution is -0.127. The zero-order valence-corrected chi connectivity index (χ0v) is 25.5. The van der Waals surface area contributed by atoms with Gasteiger partial charge in [-0.05, 0) is 89.3 Å². The Hall–Kier alpha value is -1.87. The van der Waals surface area contributed by atoms with E-state index in [2.05, 4.69) is 54.5 Å². The van der Waals surface area contributed by atoms with E-state index in [1.807, 2.05) is 0 Å². The van der Waals surface area contributed by atoms with E-state index in [-0.39, 0.29) is 29.6 Å². The number of nitrogens with zero attached hydrogens (tertiary/aromatic N) is 1. The molecule has 1 aromatic carbocycles. The Morgan fingerprint density at radius 3 is 2.60 bits per heavy atom. The Balaban J connectivity index is 1.21. The van der Waals surface area contributed by atoms with Gasteiger partial charge in [-0.1, -0.05) is 13.0 Å². The summed E-state index contributed by atoms with van der Waals surface area (Å²) in [6.45, 7) is 10.5. The van der Waals surface area contributed by atoms with Crippen LogP contribution in [-0.4, -0.2) is 76.3 Å². The van der Waals surface area contributed by atoms with Gasteiger partial charge in [0.15, 0.2) is 0 Å². The number of piperidine rings is 1. The van der Waals surface area contributed by atoms with Crippen LogP contribution < -0.4 is 20.3 Å². The molecule has 1 saturated heterocycles. The van der Waals surface area contributed by atoms with Crippen LogP contribution in [0.4, 0.5) is 5.69 Å². The molecule has 2 N–H and O–H groups in total. The van der Waals surface area contributed by atoms with E-state index in [1.165, 1.54) is 5.56 Å². The Bertz CT molecular complexity index is 925. The Labute approximate surface area is 241 Å². The number of amides is 1. The summed E-state index contributed by atoms with van der Waals surface area (Å²) in [5, 5.41) is 7.05. The summed E-state index contributed by atoms with van der Waals surface area (Å²) in [6.07, 6.45) is 9.38. The van der Waals surface area contributed by atoms with Crippen molar-refractivity contribution in [2.75, 3.05) is 45.4 Å². The molecule has 3 atom stereocenters. The van der Waals surface area contributed by atoms with Gasteiger partial charge in [-0.2, -0.15) is 0 Å². The van der Waals surface area contributed by atoms with Crippen LogP contribution in [0.15, 0.2) is 18.2 Å². The van der Waals surface area contributed by atoms with Gasteiger partial charge >= 0.3 is 0 Å². The van der Waals surface area contributed by atoms with Crippen molar-refractivity contribution in [3.8, 4) is 5.75 Å². The zero-order valence-electron chi connectivity index (χ0n) is 25.5. The molecule has 0 spiro atoms. The normalized spacial score (nSPS) is 27.0. The fourth-order valence-corrected chi connectivity index (χ4v) is 6.46. The molecule has 0 radical (unpaired) electrons. The molecule has 2 fully saturated rings. The van der Waals surface area contributed by atoms with Crippen molar-refractivity contribution in [1.29, 1.82) is 0 Å². The number of nitrogens with one attached hydrogen (secondary N) is 2. The van der Waals surface area contributed by atoms with Crippen molar-refractivity contribution in [2.45, 2.75) is 115 Å². The van der Waals surface area contributed by atoms with E-state index in [0.29, 0.717) is 18.8 Å². The van der Waals surface area contributed by atoms with Gasteiger partial charge in [-0.3, -0.25) is 4.79 Å². The molecule has 1 aromatic rings. The molecule has 40 heavy (non-hydrogen) atoms. The molecule has 0 unspecified atom stereocenters. The largest absolute Gasteiger partial charge is 0.484 e. The first-order valence-electron chi connectivity index (χ1n) is 15.5. The summed E-state index contributed by atoms with van der Waals surface area (Å²) >= 11 is 0. The fraction of sp³-hybridized carbons (Fsp3) is 0.781. The number of carbonyl (C=O) groups is 1. The van der Waals surface area contributed by atoms with Crippen LogP contribution in [0.3, 0.4) is 0 Å². The average molecular weight is 560 g/mol. The molecule has 8 heteroatoms. The fourth-order valence-electron chi connectivity index (χ4n) is 6.46. The summed E-state index contributed by atoms with van der Waals surface area (Å²) in [5.41, 5.74) is 2.11. The van der Waals surface area contributed by atoms with E-state index < -0.39 is 0 Å². The predicted octanol–water partition coefficient (Wildman–Crippen LogP) is 4.83. The molecule has 0 aromatic heterocycles. The number of benzene rings is 1. The first kappa shape index (κ1) is 31.1. The van der Waals surface area contributed by atoms with Crippen LogP contribution in [0, 0.1) is 5.92 Å². The van der Waals surface area contributed by atoms with E-state index in [0.717, 1.165) is 95.5 Å². The van der Waals surface area contributed by atoms with E-state index >= 15 is 0 Å². The van der Waals surface area contributed by atoms with Crippen molar-refractivity contribution in [2.24, 2.45) is 5.92 Å². The van der Waals surface area contributed by atoms with E-state index in [9.17, 15) is 4.79 Å². The Kier molecular flexibility index (Phi) is 11.5. The summed E-state index contributed by atoms with van der Waals surface area (Å²) in [4.78, 5) is 15.3. The number of methoxy groups -OCH3 is 2. The maximum Gasteiger partial charge on any atom is 0.223 e. The number of hydrogen-bond acceptors (Lipinski definition) is 7. The number of ether oxygens (including phenoxy) is 4. The van der Waals surface area contributed by atoms with E-state index in [4.69, 9.17) is 18.9 Å². The number of rotatable bonds is 13. The molecule has 1 saturated carbocycles. The molecule has 2 heterocycles. The van der Waals surface area contributed by atoms with Crippen molar-refractivity contribution in [1.82, 2.24) is 10.6 Å². The third kappa shape index (κ3) is 8.81. The highest BCUT2D eigenvalue weighted by atomic mass is 16.5. The first-order chi connectivity index (χ1) is 19.3. The van der Waals surface area contributed by atoms with Gasteiger partial charge in [0.1, 0.15) is 11.4 Å². The highest BCUT2D eigenvalue weighted by Gasteiger charge is 2.32.